The van der Waals surface area contributed by atoms with Gasteiger partial charge in [0.2, 0.25) is 0 Å². The van der Waals surface area contributed by atoms with Gasteiger partial charge in [0.25, 0.3) is 0 Å². The molecule has 3 aliphatic rings. The van der Waals surface area contributed by atoms with E-state index in [2.05, 4.69) is 15.7 Å². The van der Waals surface area contributed by atoms with Crippen LogP contribution in [0.1, 0.15) is 59.8 Å². The fraction of sp³-hybridized carbons (Fsp3) is 0.395. The molecule has 0 bridgehead atoms. The molecular formula is C38H38F6N7O4. The largest absolute Gasteiger partial charge is 0.480 e. The molecular weight excluding hydrogens is 732 g/mol. The molecule has 3 aromatic carbocycles. The Balaban J connectivity index is 1.01. The van der Waals surface area contributed by atoms with E-state index in [4.69, 9.17) is 0 Å². The molecule has 0 aliphatic carbocycles. The molecule has 2 fully saturated rings. The van der Waals surface area contributed by atoms with Gasteiger partial charge in [-0.05, 0) is 86.1 Å². The topological polar surface area (TPSA) is 123 Å². The van der Waals surface area contributed by atoms with Gasteiger partial charge in [-0.15, -0.1) is 0 Å². The van der Waals surface area contributed by atoms with E-state index in [0.717, 1.165) is 17.7 Å². The quantitative estimate of drug-likeness (QED) is 0.172. The first-order valence-corrected chi connectivity index (χ1v) is 18.0. The SMILES string of the molecule is O=C(O)[C](Cc1cc(C(F)(F)F)cc(C(F)(F)F)c1)c1nc2ccccc2n1C1CCN(C(=O)NN2CCC(N3CCc4ccccc4NC3=O)CC2)CC1. The maximum Gasteiger partial charge on any atom is 0.416 e. The number of halogens is 6. The van der Waals surface area contributed by atoms with Crippen LogP contribution in [0, 0.1) is 5.92 Å². The van der Waals surface area contributed by atoms with Gasteiger partial charge in [-0.3, -0.25) is 10.2 Å². The Morgan fingerprint density at radius 3 is 2.09 bits per heavy atom. The van der Waals surface area contributed by atoms with Gasteiger partial charge in [0.1, 0.15) is 5.82 Å². The van der Waals surface area contributed by atoms with Gasteiger partial charge in [-0.25, -0.2) is 19.6 Å². The Bertz CT molecular complexity index is 2040. The van der Waals surface area contributed by atoms with Crippen molar-refractivity contribution in [3.05, 3.63) is 101 Å². The van der Waals surface area contributed by atoms with Crippen LogP contribution in [-0.4, -0.2) is 86.3 Å². The summed E-state index contributed by atoms with van der Waals surface area (Å²) in [4.78, 5) is 47.1. The predicted octanol–water partition coefficient (Wildman–Crippen LogP) is 7.14. The van der Waals surface area contributed by atoms with Crippen molar-refractivity contribution >= 4 is 34.8 Å². The summed E-state index contributed by atoms with van der Waals surface area (Å²) < 4.78 is 83.4. The van der Waals surface area contributed by atoms with E-state index in [1.165, 1.54) is 0 Å². The minimum absolute atomic E-state index is 0.000965. The van der Waals surface area contributed by atoms with Gasteiger partial charge in [0.05, 0.1) is 22.2 Å². The van der Waals surface area contributed by atoms with Gasteiger partial charge in [-0.1, -0.05) is 30.3 Å². The molecule has 55 heavy (non-hydrogen) atoms. The smallest absolute Gasteiger partial charge is 0.416 e. The van der Waals surface area contributed by atoms with Gasteiger partial charge < -0.3 is 24.8 Å². The average Bonchev–Trinajstić information content (AvgIpc) is 3.44. The van der Waals surface area contributed by atoms with E-state index in [0.29, 0.717) is 81.6 Å². The second-order valence-electron chi connectivity index (χ2n) is 14.1. The molecule has 4 aromatic rings. The van der Waals surface area contributed by atoms with E-state index in [1.807, 2.05) is 34.2 Å². The number of nitrogens with one attached hydrogen (secondary N) is 2. The van der Waals surface area contributed by atoms with Gasteiger partial charge in [0.15, 0.2) is 5.92 Å². The average molecular weight is 771 g/mol. The maximum absolute atomic E-state index is 13.6. The second kappa shape index (κ2) is 15.1. The molecule has 3 N–H and O–H groups in total. The van der Waals surface area contributed by atoms with Crippen molar-refractivity contribution < 1.29 is 45.8 Å². The molecule has 0 atom stereocenters. The summed E-state index contributed by atoms with van der Waals surface area (Å²) in [5.74, 6) is -2.08. The summed E-state index contributed by atoms with van der Waals surface area (Å²) in [6, 6.07) is 14.7. The van der Waals surface area contributed by atoms with Crippen LogP contribution in [0.5, 0.6) is 0 Å². The second-order valence-corrected chi connectivity index (χ2v) is 14.1. The molecule has 4 amide bonds. The van der Waals surface area contributed by atoms with Crippen molar-refractivity contribution in [2.75, 3.05) is 38.0 Å². The highest BCUT2D eigenvalue weighted by Crippen LogP contribution is 2.38. The maximum atomic E-state index is 13.6. The van der Waals surface area contributed by atoms with Crippen LogP contribution >= 0.6 is 0 Å². The number of carbonyl (C=O) groups is 3. The molecule has 1 aromatic heterocycles. The Morgan fingerprint density at radius 2 is 1.44 bits per heavy atom. The molecule has 4 heterocycles. The van der Waals surface area contributed by atoms with E-state index < -0.39 is 47.4 Å². The molecule has 0 spiro atoms. The summed E-state index contributed by atoms with van der Waals surface area (Å²) >= 11 is 0. The Morgan fingerprint density at radius 1 is 0.818 bits per heavy atom. The number of benzene rings is 3. The van der Waals surface area contributed by atoms with E-state index in [-0.39, 0.29) is 36.0 Å². The third-order valence-corrected chi connectivity index (χ3v) is 10.6. The molecule has 1 radical (unpaired) electrons. The number of alkyl halides is 6. The van der Waals surface area contributed by atoms with Crippen molar-refractivity contribution in [2.24, 2.45) is 0 Å². The number of likely N-dealkylation sites (tertiary alicyclic amines) is 1. The number of aliphatic carboxylic acids is 1. The number of rotatable bonds is 7. The Kier molecular flexibility index (Phi) is 10.4. The lowest BCUT2D eigenvalue weighted by molar-refractivity contribution is -0.143. The number of piperidine rings is 2. The number of urea groups is 2. The predicted molar refractivity (Wildman–Crippen MR) is 189 cm³/mol. The zero-order chi connectivity index (χ0) is 39.1. The minimum atomic E-state index is -5.10. The lowest BCUT2D eigenvalue weighted by atomic mass is 9.94. The number of hydrogen-bond acceptors (Lipinski definition) is 5. The van der Waals surface area contributed by atoms with Crippen molar-refractivity contribution in [3.8, 4) is 0 Å². The van der Waals surface area contributed by atoms with Crippen molar-refractivity contribution in [2.45, 2.75) is 63.0 Å². The first-order chi connectivity index (χ1) is 26.2. The van der Waals surface area contributed by atoms with Crippen LogP contribution in [0.2, 0.25) is 0 Å². The molecule has 0 unspecified atom stereocenters. The summed E-state index contributed by atoms with van der Waals surface area (Å²) in [7, 11) is 0. The van der Waals surface area contributed by atoms with Crippen molar-refractivity contribution in [1.82, 2.24) is 29.8 Å². The lowest BCUT2D eigenvalue weighted by Gasteiger charge is -2.39. The fourth-order valence-electron chi connectivity index (χ4n) is 7.76. The number of para-hydroxylation sites is 3. The van der Waals surface area contributed by atoms with E-state index in [1.54, 1.807) is 33.7 Å². The Hall–Kier alpha value is -5.32. The number of aromatic nitrogens is 2. The zero-order valence-electron chi connectivity index (χ0n) is 29.5. The number of amides is 4. The van der Waals surface area contributed by atoms with Crippen LogP contribution in [0.15, 0.2) is 66.7 Å². The van der Waals surface area contributed by atoms with Gasteiger partial charge in [0, 0.05) is 50.5 Å². The minimum Gasteiger partial charge on any atom is -0.480 e. The van der Waals surface area contributed by atoms with Crippen LogP contribution in [0.3, 0.4) is 0 Å². The summed E-state index contributed by atoms with van der Waals surface area (Å²) in [6.45, 7) is 2.26. The van der Waals surface area contributed by atoms with Crippen molar-refractivity contribution in [1.29, 1.82) is 0 Å². The molecule has 7 rings (SSSR count). The fourth-order valence-corrected chi connectivity index (χ4v) is 7.76. The number of hydrogen-bond donors (Lipinski definition) is 3. The first-order valence-electron chi connectivity index (χ1n) is 18.0. The number of fused-ring (bicyclic) bond motifs is 2. The number of hydrazine groups is 1. The molecule has 0 saturated carbocycles. The summed E-state index contributed by atoms with van der Waals surface area (Å²) in [6.07, 6.45) is -8.10. The van der Waals surface area contributed by atoms with Crippen LogP contribution in [0.4, 0.5) is 41.6 Å². The monoisotopic (exact) mass is 770 g/mol. The van der Waals surface area contributed by atoms with Crippen molar-refractivity contribution in [3.63, 3.8) is 0 Å². The van der Waals surface area contributed by atoms with Gasteiger partial charge >= 0.3 is 30.4 Å². The highest BCUT2D eigenvalue weighted by molar-refractivity contribution is 5.91. The number of carbonyl (C=O) groups excluding carboxylic acids is 2. The van der Waals surface area contributed by atoms with Crippen LogP contribution < -0.4 is 10.7 Å². The number of anilines is 1. The standard InChI is InChI=1S/C38H38F6N7O4/c39-37(40,41)25-19-23(20-26(22-25)38(42,43)44)21-29(34(52)53)33-45-31-7-3-4-8-32(31)51(33)28-10-14-48(15-11-28)36(55)47-49-16-12-27(13-17-49)50-18-9-24-5-1-2-6-30(24)46-35(50)54/h1-8,19-20,22,27-28H,9-18,21H2,(H,46,54)(H,47,55)(H,52,53). The number of nitrogens with zero attached hydrogens (tertiary/aromatic N) is 5. The molecule has 17 heteroatoms. The summed E-state index contributed by atoms with van der Waals surface area (Å²) in [5, 5.41) is 15.1. The zero-order valence-corrected chi connectivity index (χ0v) is 29.5. The number of carboxylic acids is 1. The highest BCUT2D eigenvalue weighted by atomic mass is 19.4. The number of carboxylic acid groups (broad SMARTS) is 1. The molecule has 291 valence electrons. The molecule has 2 saturated heterocycles. The molecule has 11 nitrogen and oxygen atoms in total. The third kappa shape index (κ3) is 8.21. The lowest BCUT2D eigenvalue weighted by Crippen LogP contribution is -2.56. The summed E-state index contributed by atoms with van der Waals surface area (Å²) in [5.41, 5.74) is 2.27. The Labute approximate surface area is 311 Å². The third-order valence-electron chi connectivity index (χ3n) is 10.6. The van der Waals surface area contributed by atoms with E-state index in [9.17, 15) is 45.8 Å². The normalized spacial score (nSPS) is 18.0. The number of imidazole rings is 1. The van der Waals surface area contributed by atoms with Crippen LogP contribution in [-0.2, 0) is 30.0 Å². The highest BCUT2D eigenvalue weighted by Gasteiger charge is 2.39. The molecule has 3 aliphatic heterocycles. The van der Waals surface area contributed by atoms with Gasteiger partial charge in [-0.2, -0.15) is 26.3 Å². The van der Waals surface area contributed by atoms with Crippen LogP contribution in [0.25, 0.3) is 11.0 Å². The van der Waals surface area contributed by atoms with E-state index >= 15 is 0 Å². The first kappa shape index (κ1) is 38.0.